The highest BCUT2D eigenvalue weighted by molar-refractivity contribution is 4.92. The second-order valence-electron chi connectivity index (χ2n) is 8.72. The zero-order chi connectivity index (χ0) is 15.5. The lowest BCUT2D eigenvalue weighted by Gasteiger charge is -2.39. The SMILES string of the molecule is CC(CO)(CCCN1CCC(C(C)(C)C)CC1)NC1CC1. The van der Waals surface area contributed by atoms with Crippen LogP contribution in [0, 0.1) is 11.3 Å². The molecular weight excluding hydrogens is 260 g/mol. The van der Waals surface area contributed by atoms with E-state index in [-0.39, 0.29) is 12.1 Å². The topological polar surface area (TPSA) is 35.5 Å². The monoisotopic (exact) mass is 296 g/mol. The Balaban J connectivity index is 1.65. The molecule has 2 rings (SSSR count). The van der Waals surface area contributed by atoms with Gasteiger partial charge in [0.15, 0.2) is 0 Å². The van der Waals surface area contributed by atoms with E-state index >= 15 is 0 Å². The smallest absolute Gasteiger partial charge is 0.0610 e. The van der Waals surface area contributed by atoms with Gasteiger partial charge < -0.3 is 15.3 Å². The highest BCUT2D eigenvalue weighted by Crippen LogP contribution is 2.34. The van der Waals surface area contributed by atoms with Crippen molar-refractivity contribution in [3.8, 4) is 0 Å². The van der Waals surface area contributed by atoms with Crippen LogP contribution in [0.15, 0.2) is 0 Å². The first-order valence-corrected chi connectivity index (χ1v) is 8.93. The van der Waals surface area contributed by atoms with Crippen LogP contribution in [0.4, 0.5) is 0 Å². The predicted octanol–water partition coefficient (Wildman–Crippen LogP) is 3.03. The standard InChI is InChI=1S/C18H36N2O/c1-17(2,3)15-8-12-20(13-9-15)11-5-10-18(4,14-21)19-16-6-7-16/h15-16,19,21H,5-14H2,1-4H3. The number of nitrogens with one attached hydrogen (secondary N) is 1. The van der Waals surface area contributed by atoms with Gasteiger partial charge in [-0.25, -0.2) is 0 Å². The maximum absolute atomic E-state index is 9.65. The van der Waals surface area contributed by atoms with E-state index in [0.717, 1.165) is 12.3 Å². The van der Waals surface area contributed by atoms with Crippen molar-refractivity contribution in [2.75, 3.05) is 26.2 Å². The Morgan fingerprint density at radius 3 is 2.14 bits per heavy atom. The summed E-state index contributed by atoms with van der Waals surface area (Å²) in [6, 6.07) is 0.671. The predicted molar refractivity (Wildman–Crippen MR) is 89.5 cm³/mol. The van der Waals surface area contributed by atoms with E-state index in [2.05, 4.69) is 37.9 Å². The van der Waals surface area contributed by atoms with Crippen molar-refractivity contribution >= 4 is 0 Å². The van der Waals surface area contributed by atoms with Gasteiger partial charge in [0, 0.05) is 11.6 Å². The van der Waals surface area contributed by atoms with Crippen LogP contribution < -0.4 is 5.32 Å². The Morgan fingerprint density at radius 2 is 1.67 bits per heavy atom. The summed E-state index contributed by atoms with van der Waals surface area (Å²) in [5.74, 6) is 0.882. The minimum Gasteiger partial charge on any atom is -0.394 e. The van der Waals surface area contributed by atoms with Gasteiger partial charge in [0.05, 0.1) is 6.61 Å². The van der Waals surface area contributed by atoms with Crippen molar-refractivity contribution in [2.45, 2.75) is 77.8 Å². The molecule has 2 aliphatic rings. The fourth-order valence-electron chi connectivity index (χ4n) is 3.63. The molecule has 1 saturated carbocycles. The summed E-state index contributed by atoms with van der Waals surface area (Å²) in [6.45, 7) is 13.3. The molecule has 21 heavy (non-hydrogen) atoms. The van der Waals surface area contributed by atoms with Crippen LogP contribution in [-0.4, -0.2) is 47.8 Å². The number of aliphatic hydroxyl groups excluding tert-OH is 1. The van der Waals surface area contributed by atoms with Crippen LogP contribution in [0.1, 0.15) is 66.2 Å². The van der Waals surface area contributed by atoms with E-state index in [1.54, 1.807) is 0 Å². The van der Waals surface area contributed by atoms with E-state index in [0.29, 0.717) is 11.5 Å². The van der Waals surface area contributed by atoms with Crippen molar-refractivity contribution in [2.24, 2.45) is 11.3 Å². The largest absolute Gasteiger partial charge is 0.394 e. The zero-order valence-corrected chi connectivity index (χ0v) is 14.6. The summed E-state index contributed by atoms with van der Waals surface area (Å²) < 4.78 is 0. The number of aliphatic hydroxyl groups is 1. The Hall–Kier alpha value is -0.120. The van der Waals surface area contributed by atoms with Gasteiger partial charge in [-0.1, -0.05) is 20.8 Å². The molecule has 0 amide bonds. The summed E-state index contributed by atoms with van der Waals surface area (Å²) in [6.07, 6.45) is 7.55. The minimum atomic E-state index is -0.0646. The maximum atomic E-state index is 9.65. The molecule has 1 saturated heterocycles. The van der Waals surface area contributed by atoms with E-state index in [1.807, 2.05) is 0 Å². The normalized spacial score (nSPS) is 25.0. The Morgan fingerprint density at radius 1 is 1.05 bits per heavy atom. The van der Waals surface area contributed by atoms with Crippen molar-refractivity contribution in [3.05, 3.63) is 0 Å². The van der Waals surface area contributed by atoms with Crippen LogP contribution >= 0.6 is 0 Å². The van der Waals surface area contributed by atoms with Crippen molar-refractivity contribution in [1.82, 2.24) is 10.2 Å². The van der Waals surface area contributed by atoms with E-state index in [9.17, 15) is 5.11 Å². The van der Waals surface area contributed by atoms with Crippen molar-refractivity contribution < 1.29 is 5.11 Å². The van der Waals surface area contributed by atoms with Gasteiger partial charge in [-0.2, -0.15) is 0 Å². The molecular formula is C18H36N2O. The highest BCUT2D eigenvalue weighted by atomic mass is 16.3. The van der Waals surface area contributed by atoms with Crippen molar-refractivity contribution in [3.63, 3.8) is 0 Å². The van der Waals surface area contributed by atoms with Gasteiger partial charge in [-0.15, -0.1) is 0 Å². The summed E-state index contributed by atoms with van der Waals surface area (Å²) in [5.41, 5.74) is 0.403. The van der Waals surface area contributed by atoms with E-state index < -0.39 is 0 Å². The molecule has 3 heteroatoms. The first kappa shape index (κ1) is 17.2. The number of hydrogen-bond donors (Lipinski definition) is 2. The molecule has 0 aromatic rings. The van der Waals surface area contributed by atoms with Crippen LogP contribution in [0.2, 0.25) is 0 Å². The maximum Gasteiger partial charge on any atom is 0.0610 e. The zero-order valence-electron chi connectivity index (χ0n) is 14.6. The Kier molecular flexibility index (Phi) is 5.72. The van der Waals surface area contributed by atoms with Gasteiger partial charge in [0.1, 0.15) is 0 Å². The molecule has 0 spiro atoms. The number of rotatable bonds is 7. The highest BCUT2D eigenvalue weighted by Gasteiger charge is 2.32. The average Bonchev–Trinajstić information content (AvgIpc) is 3.22. The molecule has 1 aliphatic heterocycles. The number of likely N-dealkylation sites (tertiary alicyclic amines) is 1. The molecule has 0 radical (unpaired) electrons. The third kappa shape index (κ3) is 5.54. The average molecular weight is 296 g/mol. The van der Waals surface area contributed by atoms with Gasteiger partial charge in [-0.3, -0.25) is 0 Å². The molecule has 1 unspecified atom stereocenters. The van der Waals surface area contributed by atoms with Crippen LogP contribution in [0.5, 0.6) is 0 Å². The second-order valence-corrected chi connectivity index (χ2v) is 8.72. The molecule has 0 aromatic heterocycles. The van der Waals surface area contributed by atoms with Crippen molar-refractivity contribution in [1.29, 1.82) is 0 Å². The second kappa shape index (κ2) is 6.97. The van der Waals surface area contributed by atoms with Crippen LogP contribution in [0.25, 0.3) is 0 Å². The summed E-state index contributed by atoms with van der Waals surface area (Å²) in [7, 11) is 0. The molecule has 1 atom stereocenters. The third-order valence-electron chi connectivity index (χ3n) is 5.49. The molecule has 124 valence electrons. The number of nitrogens with zero attached hydrogens (tertiary/aromatic N) is 1. The lowest BCUT2D eigenvalue weighted by molar-refractivity contribution is 0.105. The molecule has 2 N–H and O–H groups in total. The van der Waals surface area contributed by atoms with E-state index in [4.69, 9.17) is 0 Å². The fourth-order valence-corrected chi connectivity index (χ4v) is 3.63. The first-order valence-electron chi connectivity index (χ1n) is 8.93. The quantitative estimate of drug-likeness (QED) is 0.758. The molecule has 0 bridgehead atoms. The number of piperidine rings is 1. The minimum absolute atomic E-state index is 0.0646. The Labute approximate surface area is 131 Å². The Bertz CT molecular complexity index is 314. The summed E-state index contributed by atoms with van der Waals surface area (Å²) in [5, 5.41) is 13.3. The molecule has 1 aliphatic carbocycles. The summed E-state index contributed by atoms with van der Waals surface area (Å²) >= 11 is 0. The molecule has 1 heterocycles. The van der Waals surface area contributed by atoms with Gasteiger partial charge in [-0.05, 0) is 76.4 Å². The lowest BCUT2D eigenvalue weighted by Crippen LogP contribution is -2.47. The number of hydrogen-bond acceptors (Lipinski definition) is 3. The molecule has 2 fully saturated rings. The molecule has 3 nitrogen and oxygen atoms in total. The lowest BCUT2D eigenvalue weighted by atomic mass is 9.75. The van der Waals surface area contributed by atoms with Gasteiger partial charge in [0.25, 0.3) is 0 Å². The fraction of sp³-hybridized carbons (Fsp3) is 1.00. The van der Waals surface area contributed by atoms with Crippen LogP contribution in [-0.2, 0) is 0 Å². The van der Waals surface area contributed by atoms with Gasteiger partial charge in [0.2, 0.25) is 0 Å². The first-order chi connectivity index (χ1) is 9.82. The van der Waals surface area contributed by atoms with Gasteiger partial charge >= 0.3 is 0 Å². The van der Waals surface area contributed by atoms with Crippen LogP contribution in [0.3, 0.4) is 0 Å². The molecule has 0 aromatic carbocycles. The third-order valence-corrected chi connectivity index (χ3v) is 5.49. The summed E-state index contributed by atoms with van der Waals surface area (Å²) in [4.78, 5) is 2.62. The van der Waals surface area contributed by atoms with E-state index in [1.165, 1.54) is 51.7 Å².